The summed E-state index contributed by atoms with van der Waals surface area (Å²) in [5.41, 5.74) is 0. The van der Waals surface area contributed by atoms with Crippen LogP contribution < -0.4 is 0 Å². The Balaban J connectivity index is 1.98. The van der Waals surface area contributed by atoms with Crippen molar-refractivity contribution in [2.24, 2.45) is 0 Å². The minimum Gasteiger partial charge on any atom is -0.210 e. The third-order valence-electron chi connectivity index (χ3n) is 1.90. The molecule has 0 spiro atoms. The monoisotopic (exact) mass is 142 g/mol. The lowest BCUT2D eigenvalue weighted by Gasteiger charge is -2.00. The maximum Gasteiger partial charge on any atom is 0.209 e. The summed E-state index contributed by atoms with van der Waals surface area (Å²) < 4.78 is 0. The van der Waals surface area contributed by atoms with Crippen molar-refractivity contribution in [1.82, 2.24) is 0 Å². The molecule has 0 aromatic heterocycles. The third-order valence-corrected chi connectivity index (χ3v) is 3.37. The predicted octanol–water partition coefficient (Wildman–Crippen LogP) is 2.91. The van der Waals surface area contributed by atoms with Gasteiger partial charge in [0, 0.05) is 0 Å². The molecule has 52 valence electrons. The van der Waals surface area contributed by atoms with Gasteiger partial charge >= 0.3 is 0 Å². The summed E-state index contributed by atoms with van der Waals surface area (Å²) in [5, 5.41) is 0. The van der Waals surface area contributed by atoms with E-state index in [1.165, 1.54) is 37.7 Å². The van der Waals surface area contributed by atoms with Crippen molar-refractivity contribution in [3.8, 4) is 0 Å². The van der Waals surface area contributed by atoms with Crippen LogP contribution in [0.1, 0.15) is 26.2 Å². The van der Waals surface area contributed by atoms with Gasteiger partial charge in [0.25, 0.3) is 0 Å². The maximum atomic E-state index is 2.28. The molecule has 0 nitrogen and oxygen atoms in total. The van der Waals surface area contributed by atoms with Crippen LogP contribution >= 0.6 is 11.6 Å². The van der Waals surface area contributed by atoms with E-state index in [0.717, 1.165) is 5.99 Å². The standard InChI is InChI=1S/C7H15BS/c1-2-3-5-8-6-4-7-9-8/h2-7H2,1H3. The average Bonchev–Trinajstić information content (AvgIpc) is 2.34. The molecule has 9 heavy (non-hydrogen) atoms. The highest BCUT2D eigenvalue weighted by molar-refractivity contribution is 8.26. The second kappa shape index (κ2) is 4.27. The normalized spacial score (nSPS) is 19.0. The van der Waals surface area contributed by atoms with E-state index >= 15 is 0 Å². The molecule has 0 saturated carbocycles. The average molecular weight is 142 g/mol. The molecule has 1 saturated heterocycles. The van der Waals surface area contributed by atoms with Gasteiger partial charge in [-0.2, -0.15) is 0 Å². The van der Waals surface area contributed by atoms with Crippen molar-refractivity contribution >= 4 is 17.6 Å². The zero-order chi connectivity index (χ0) is 6.53. The number of hydrogen-bond donors (Lipinski definition) is 0. The SMILES string of the molecule is CCCCB1CCCS1. The fraction of sp³-hybridized carbons (Fsp3) is 1.00. The largest absolute Gasteiger partial charge is 0.210 e. The molecule has 1 aliphatic heterocycles. The van der Waals surface area contributed by atoms with Gasteiger partial charge in [0.2, 0.25) is 5.99 Å². The van der Waals surface area contributed by atoms with Crippen LogP contribution in [0.2, 0.25) is 12.6 Å². The Kier molecular flexibility index (Phi) is 3.56. The summed E-state index contributed by atoms with van der Waals surface area (Å²) in [6.45, 7) is 2.28. The van der Waals surface area contributed by atoms with Gasteiger partial charge in [0.05, 0.1) is 0 Å². The first-order chi connectivity index (χ1) is 4.43. The molecule has 0 N–H and O–H groups in total. The van der Waals surface area contributed by atoms with E-state index in [1.54, 1.807) is 0 Å². The highest BCUT2D eigenvalue weighted by Crippen LogP contribution is 2.27. The molecule has 0 atom stereocenters. The minimum atomic E-state index is 1.03. The van der Waals surface area contributed by atoms with Crippen molar-refractivity contribution < 1.29 is 0 Å². The van der Waals surface area contributed by atoms with Crippen LogP contribution in [0.25, 0.3) is 0 Å². The quantitative estimate of drug-likeness (QED) is 0.546. The fourth-order valence-corrected chi connectivity index (χ4v) is 2.64. The maximum absolute atomic E-state index is 2.28. The van der Waals surface area contributed by atoms with Crippen LogP contribution in [0.15, 0.2) is 0 Å². The van der Waals surface area contributed by atoms with Gasteiger partial charge in [-0.3, -0.25) is 0 Å². The molecule has 0 aliphatic carbocycles. The van der Waals surface area contributed by atoms with Gasteiger partial charge in [-0.05, 0) is 5.75 Å². The van der Waals surface area contributed by atoms with E-state index in [1.807, 2.05) is 0 Å². The molecule has 1 heterocycles. The summed E-state index contributed by atoms with van der Waals surface area (Å²) in [6.07, 6.45) is 7.25. The van der Waals surface area contributed by atoms with Gasteiger partial charge in [-0.15, -0.1) is 0 Å². The minimum absolute atomic E-state index is 1.03. The van der Waals surface area contributed by atoms with Crippen molar-refractivity contribution in [1.29, 1.82) is 0 Å². The van der Waals surface area contributed by atoms with Crippen molar-refractivity contribution in [3.05, 3.63) is 0 Å². The molecule has 0 unspecified atom stereocenters. The number of unbranched alkanes of at least 4 members (excludes halogenated alkanes) is 1. The Morgan fingerprint density at radius 1 is 1.56 bits per heavy atom. The van der Waals surface area contributed by atoms with Crippen LogP contribution in [-0.4, -0.2) is 11.7 Å². The van der Waals surface area contributed by atoms with E-state index in [-0.39, 0.29) is 0 Å². The van der Waals surface area contributed by atoms with E-state index in [4.69, 9.17) is 0 Å². The summed E-state index contributed by atoms with van der Waals surface area (Å²) in [5.74, 6) is 2.46. The zero-order valence-electron chi connectivity index (χ0n) is 6.23. The Labute approximate surface area is 62.8 Å². The van der Waals surface area contributed by atoms with Gasteiger partial charge < -0.3 is 0 Å². The molecule has 1 fully saturated rings. The lowest BCUT2D eigenvalue weighted by atomic mass is 9.67. The van der Waals surface area contributed by atoms with Crippen molar-refractivity contribution in [3.63, 3.8) is 0 Å². The molecule has 0 aromatic carbocycles. The Bertz CT molecular complexity index is 69.3. The molecule has 1 rings (SSSR count). The lowest BCUT2D eigenvalue weighted by Crippen LogP contribution is -1.99. The number of hydrogen-bond acceptors (Lipinski definition) is 1. The first-order valence-corrected chi connectivity index (χ1v) is 5.10. The molecule has 0 bridgehead atoms. The van der Waals surface area contributed by atoms with Crippen LogP contribution in [0.5, 0.6) is 0 Å². The highest BCUT2D eigenvalue weighted by Gasteiger charge is 2.18. The molecular weight excluding hydrogens is 127 g/mol. The Morgan fingerprint density at radius 2 is 2.44 bits per heavy atom. The van der Waals surface area contributed by atoms with Crippen molar-refractivity contribution in [2.45, 2.75) is 38.8 Å². The second-order valence-corrected chi connectivity index (χ2v) is 4.19. The van der Waals surface area contributed by atoms with Crippen LogP contribution in [0.4, 0.5) is 0 Å². The van der Waals surface area contributed by atoms with Crippen LogP contribution in [0, 0.1) is 0 Å². The first kappa shape index (κ1) is 7.52. The molecular formula is C7H15BS. The summed E-state index contributed by atoms with van der Waals surface area (Å²) >= 11 is 2.18. The number of rotatable bonds is 3. The lowest BCUT2D eigenvalue weighted by molar-refractivity contribution is 0.874. The predicted molar refractivity (Wildman–Crippen MR) is 47.4 cm³/mol. The molecule has 0 aromatic rings. The molecule has 0 radical (unpaired) electrons. The third kappa shape index (κ3) is 2.66. The van der Waals surface area contributed by atoms with Gasteiger partial charge in [0.15, 0.2) is 0 Å². The Morgan fingerprint density at radius 3 is 3.00 bits per heavy atom. The fourth-order valence-electron chi connectivity index (χ4n) is 1.30. The Hall–Kier alpha value is 0.415. The van der Waals surface area contributed by atoms with E-state index in [2.05, 4.69) is 18.5 Å². The van der Waals surface area contributed by atoms with E-state index in [9.17, 15) is 0 Å². The summed E-state index contributed by atoms with van der Waals surface area (Å²) in [7, 11) is 0. The van der Waals surface area contributed by atoms with Crippen LogP contribution in [-0.2, 0) is 0 Å². The molecule has 1 aliphatic rings. The van der Waals surface area contributed by atoms with Gasteiger partial charge in [-0.25, -0.2) is 11.6 Å². The zero-order valence-corrected chi connectivity index (χ0v) is 7.04. The van der Waals surface area contributed by atoms with Gasteiger partial charge in [0.1, 0.15) is 0 Å². The van der Waals surface area contributed by atoms with Gasteiger partial charge in [-0.1, -0.05) is 38.8 Å². The topological polar surface area (TPSA) is 0 Å². The van der Waals surface area contributed by atoms with Crippen molar-refractivity contribution in [2.75, 3.05) is 5.75 Å². The second-order valence-electron chi connectivity index (χ2n) is 2.78. The molecule has 0 amide bonds. The smallest absolute Gasteiger partial charge is 0.209 e. The summed E-state index contributed by atoms with van der Waals surface area (Å²) in [4.78, 5) is 0. The van der Waals surface area contributed by atoms with E-state index < -0.39 is 0 Å². The van der Waals surface area contributed by atoms with E-state index in [0.29, 0.717) is 0 Å². The first-order valence-electron chi connectivity index (χ1n) is 4.05. The molecule has 2 heteroatoms. The summed E-state index contributed by atoms with van der Waals surface area (Å²) in [6, 6.07) is 0. The highest BCUT2D eigenvalue weighted by atomic mass is 32.2. The van der Waals surface area contributed by atoms with Crippen LogP contribution in [0.3, 0.4) is 0 Å².